The highest BCUT2D eigenvalue weighted by atomic mass is 16.5. The van der Waals surface area contributed by atoms with Crippen LogP contribution in [0.2, 0.25) is 0 Å². The number of hydrogen-bond acceptors (Lipinski definition) is 4. The average Bonchev–Trinajstić information content (AvgIpc) is 3.10. The van der Waals surface area contributed by atoms with Gasteiger partial charge in [0, 0.05) is 13.5 Å². The third-order valence-corrected chi connectivity index (χ3v) is 3.69. The van der Waals surface area contributed by atoms with Crippen LogP contribution >= 0.6 is 0 Å². The smallest absolute Gasteiger partial charge is 0.315 e. The van der Waals surface area contributed by atoms with Gasteiger partial charge in [-0.2, -0.15) is 0 Å². The Bertz CT molecular complexity index is 644. The standard InChI is InChI=1S/C15H19N5O2/c1-10(14-19-17-9-20(14)2)18-15(21)16-8-12-7-11-5-3-4-6-13(11)22-12/h3-6,9-10,12H,7-8H2,1-2H3,(H2,16,18,21). The predicted octanol–water partition coefficient (Wildman–Crippen LogP) is 1.18. The summed E-state index contributed by atoms with van der Waals surface area (Å²) in [6, 6.07) is 7.48. The van der Waals surface area contributed by atoms with Gasteiger partial charge in [-0.1, -0.05) is 18.2 Å². The summed E-state index contributed by atoms with van der Waals surface area (Å²) < 4.78 is 7.56. The van der Waals surface area contributed by atoms with E-state index in [0.29, 0.717) is 12.4 Å². The van der Waals surface area contributed by atoms with Crippen LogP contribution in [0, 0.1) is 0 Å². The molecule has 1 aliphatic rings. The highest BCUT2D eigenvalue weighted by molar-refractivity contribution is 5.74. The fraction of sp³-hybridized carbons (Fsp3) is 0.400. The molecule has 2 unspecified atom stereocenters. The Morgan fingerprint density at radius 2 is 2.32 bits per heavy atom. The molecular weight excluding hydrogens is 282 g/mol. The second-order valence-corrected chi connectivity index (χ2v) is 5.43. The Morgan fingerprint density at radius 3 is 3.05 bits per heavy atom. The maximum Gasteiger partial charge on any atom is 0.315 e. The molecule has 0 saturated carbocycles. The summed E-state index contributed by atoms with van der Waals surface area (Å²) in [6.45, 7) is 2.33. The number of amides is 2. The number of nitrogens with one attached hydrogen (secondary N) is 2. The van der Waals surface area contributed by atoms with Gasteiger partial charge in [0.2, 0.25) is 0 Å². The van der Waals surface area contributed by atoms with Crippen LogP contribution < -0.4 is 15.4 Å². The highest BCUT2D eigenvalue weighted by Gasteiger charge is 2.23. The molecule has 1 aromatic heterocycles. The maximum atomic E-state index is 12.0. The van der Waals surface area contributed by atoms with Crippen molar-refractivity contribution in [2.45, 2.75) is 25.5 Å². The minimum absolute atomic E-state index is 0.0201. The molecular formula is C15H19N5O2. The number of aromatic nitrogens is 3. The summed E-state index contributed by atoms with van der Waals surface area (Å²) >= 11 is 0. The van der Waals surface area contributed by atoms with Crippen LogP contribution in [0.1, 0.15) is 24.4 Å². The van der Waals surface area contributed by atoms with Gasteiger partial charge in [0.15, 0.2) is 5.82 Å². The number of rotatable bonds is 4. The second kappa shape index (κ2) is 6.05. The van der Waals surface area contributed by atoms with Gasteiger partial charge in [-0.15, -0.1) is 10.2 Å². The first-order valence-electron chi connectivity index (χ1n) is 7.26. The molecule has 1 aromatic carbocycles. The first-order chi connectivity index (χ1) is 10.6. The molecule has 3 rings (SSSR count). The normalized spacial score (nSPS) is 17.5. The number of ether oxygens (including phenoxy) is 1. The Hall–Kier alpha value is -2.57. The highest BCUT2D eigenvalue weighted by Crippen LogP contribution is 2.27. The Morgan fingerprint density at radius 1 is 1.50 bits per heavy atom. The number of aryl methyl sites for hydroxylation is 1. The minimum atomic E-state index is -0.241. The SMILES string of the molecule is CC(NC(=O)NCC1Cc2ccccc2O1)c1nncn1C. The van der Waals surface area contributed by atoms with Crippen LogP contribution in [0.25, 0.3) is 0 Å². The lowest BCUT2D eigenvalue weighted by Crippen LogP contribution is -2.42. The molecule has 1 aliphatic heterocycles. The molecule has 0 spiro atoms. The van der Waals surface area contributed by atoms with Crippen LogP contribution in [-0.2, 0) is 13.5 Å². The molecule has 116 valence electrons. The maximum absolute atomic E-state index is 12.0. The number of nitrogens with zero attached hydrogens (tertiary/aromatic N) is 3. The lowest BCUT2D eigenvalue weighted by molar-refractivity contribution is 0.212. The van der Waals surface area contributed by atoms with Gasteiger partial charge in [0.1, 0.15) is 18.2 Å². The summed E-state index contributed by atoms with van der Waals surface area (Å²) in [7, 11) is 1.84. The van der Waals surface area contributed by atoms with Crippen molar-refractivity contribution in [2.75, 3.05) is 6.54 Å². The van der Waals surface area contributed by atoms with Crippen LogP contribution in [-0.4, -0.2) is 33.4 Å². The Kier molecular flexibility index (Phi) is 3.95. The molecule has 2 aromatic rings. The molecule has 2 atom stereocenters. The lowest BCUT2D eigenvalue weighted by Gasteiger charge is -2.16. The molecule has 2 N–H and O–H groups in total. The monoisotopic (exact) mass is 301 g/mol. The van der Waals surface area contributed by atoms with E-state index < -0.39 is 0 Å². The fourth-order valence-corrected chi connectivity index (χ4v) is 2.57. The number of benzene rings is 1. The third-order valence-electron chi connectivity index (χ3n) is 3.69. The van der Waals surface area contributed by atoms with E-state index in [-0.39, 0.29) is 18.2 Å². The predicted molar refractivity (Wildman–Crippen MR) is 80.5 cm³/mol. The summed E-state index contributed by atoms with van der Waals surface area (Å²) in [4.78, 5) is 12.0. The van der Waals surface area contributed by atoms with Crippen molar-refractivity contribution in [3.63, 3.8) is 0 Å². The van der Waals surface area contributed by atoms with Gasteiger partial charge < -0.3 is 19.9 Å². The number of hydrogen-bond donors (Lipinski definition) is 2. The number of carbonyl (C=O) groups is 1. The molecule has 0 radical (unpaired) electrons. The van der Waals surface area contributed by atoms with Crippen molar-refractivity contribution < 1.29 is 9.53 Å². The van der Waals surface area contributed by atoms with Gasteiger partial charge in [0.05, 0.1) is 12.6 Å². The van der Waals surface area contributed by atoms with Crippen molar-refractivity contribution in [3.05, 3.63) is 42.0 Å². The van der Waals surface area contributed by atoms with E-state index in [2.05, 4.69) is 20.8 Å². The molecule has 0 aliphatic carbocycles. The Balaban J connectivity index is 1.47. The first kappa shape index (κ1) is 14.4. The molecule has 7 heteroatoms. The third kappa shape index (κ3) is 3.03. The number of carbonyl (C=O) groups excluding carboxylic acids is 1. The van der Waals surface area contributed by atoms with Gasteiger partial charge in [-0.25, -0.2) is 4.79 Å². The molecule has 0 bridgehead atoms. The molecule has 2 amide bonds. The van der Waals surface area contributed by atoms with E-state index in [1.165, 1.54) is 5.56 Å². The molecule has 22 heavy (non-hydrogen) atoms. The number of fused-ring (bicyclic) bond motifs is 1. The summed E-state index contributed by atoms with van der Waals surface area (Å²) in [5.74, 6) is 1.61. The number of para-hydroxylation sites is 1. The van der Waals surface area contributed by atoms with Crippen molar-refractivity contribution in [3.8, 4) is 5.75 Å². The Labute approximate surface area is 128 Å². The van der Waals surface area contributed by atoms with E-state index in [9.17, 15) is 4.79 Å². The average molecular weight is 301 g/mol. The van der Waals surface area contributed by atoms with Gasteiger partial charge in [-0.05, 0) is 18.6 Å². The van der Waals surface area contributed by atoms with Gasteiger partial charge in [0.25, 0.3) is 0 Å². The van der Waals surface area contributed by atoms with Crippen molar-refractivity contribution >= 4 is 6.03 Å². The zero-order valence-corrected chi connectivity index (χ0v) is 12.6. The zero-order valence-electron chi connectivity index (χ0n) is 12.6. The molecule has 0 saturated heterocycles. The fourth-order valence-electron chi connectivity index (χ4n) is 2.57. The van der Waals surface area contributed by atoms with Crippen LogP contribution in [0.15, 0.2) is 30.6 Å². The van der Waals surface area contributed by atoms with E-state index in [1.54, 1.807) is 10.9 Å². The summed E-state index contributed by atoms with van der Waals surface area (Å²) in [6.07, 6.45) is 2.40. The van der Waals surface area contributed by atoms with Crippen LogP contribution in [0.4, 0.5) is 4.79 Å². The molecule has 0 fully saturated rings. The van der Waals surface area contributed by atoms with E-state index in [4.69, 9.17) is 4.74 Å². The zero-order chi connectivity index (χ0) is 15.5. The molecule has 2 heterocycles. The van der Waals surface area contributed by atoms with Crippen LogP contribution in [0.5, 0.6) is 5.75 Å². The van der Waals surface area contributed by atoms with Crippen molar-refractivity contribution in [1.29, 1.82) is 0 Å². The van der Waals surface area contributed by atoms with Gasteiger partial charge >= 0.3 is 6.03 Å². The second-order valence-electron chi connectivity index (χ2n) is 5.43. The lowest BCUT2D eigenvalue weighted by atomic mass is 10.1. The van der Waals surface area contributed by atoms with E-state index >= 15 is 0 Å². The van der Waals surface area contributed by atoms with E-state index in [0.717, 1.165) is 12.2 Å². The van der Waals surface area contributed by atoms with Crippen molar-refractivity contribution in [2.24, 2.45) is 7.05 Å². The van der Waals surface area contributed by atoms with Crippen LogP contribution in [0.3, 0.4) is 0 Å². The largest absolute Gasteiger partial charge is 0.488 e. The minimum Gasteiger partial charge on any atom is -0.488 e. The van der Waals surface area contributed by atoms with E-state index in [1.807, 2.05) is 38.2 Å². The summed E-state index contributed by atoms with van der Waals surface area (Å²) in [5, 5.41) is 13.5. The molecule has 7 nitrogen and oxygen atoms in total. The number of urea groups is 1. The van der Waals surface area contributed by atoms with Crippen molar-refractivity contribution in [1.82, 2.24) is 25.4 Å². The summed E-state index contributed by atoms with van der Waals surface area (Å²) in [5.41, 5.74) is 1.18. The topological polar surface area (TPSA) is 81.1 Å². The first-order valence-corrected chi connectivity index (χ1v) is 7.26. The quantitative estimate of drug-likeness (QED) is 0.888. The van der Waals surface area contributed by atoms with Gasteiger partial charge in [-0.3, -0.25) is 0 Å².